The van der Waals surface area contributed by atoms with Crippen LogP contribution in [0.3, 0.4) is 0 Å². The summed E-state index contributed by atoms with van der Waals surface area (Å²) in [7, 11) is 1.56. The highest BCUT2D eigenvalue weighted by Crippen LogP contribution is 2.42. The Morgan fingerprint density at radius 1 is 1.19 bits per heavy atom. The largest absolute Gasteiger partial charge is 0.497 e. The van der Waals surface area contributed by atoms with E-state index >= 15 is 0 Å². The fourth-order valence-corrected chi connectivity index (χ4v) is 2.60. The van der Waals surface area contributed by atoms with E-state index in [4.69, 9.17) is 15.2 Å². The third kappa shape index (κ3) is 2.45. The van der Waals surface area contributed by atoms with Gasteiger partial charge in [-0.1, -0.05) is 6.07 Å². The Balaban J connectivity index is 1.99. The van der Waals surface area contributed by atoms with Crippen molar-refractivity contribution in [1.29, 1.82) is 0 Å². The van der Waals surface area contributed by atoms with Crippen LogP contribution in [0.4, 0.5) is 8.78 Å². The van der Waals surface area contributed by atoms with Gasteiger partial charge in [-0.25, -0.2) is 8.78 Å². The molecule has 1 unspecified atom stereocenters. The van der Waals surface area contributed by atoms with Crippen LogP contribution >= 0.6 is 0 Å². The van der Waals surface area contributed by atoms with Crippen LogP contribution in [0.15, 0.2) is 36.4 Å². The molecule has 110 valence electrons. The van der Waals surface area contributed by atoms with Crippen molar-refractivity contribution in [2.45, 2.75) is 18.6 Å². The minimum absolute atomic E-state index is 0.0746. The highest BCUT2D eigenvalue weighted by atomic mass is 19.1. The number of hydrogen-bond acceptors (Lipinski definition) is 3. The molecule has 0 amide bonds. The summed E-state index contributed by atoms with van der Waals surface area (Å²) in [6.45, 7) is 0. The minimum Gasteiger partial charge on any atom is -0.497 e. The molecule has 3 nitrogen and oxygen atoms in total. The van der Waals surface area contributed by atoms with Crippen LogP contribution in [-0.4, -0.2) is 7.11 Å². The van der Waals surface area contributed by atoms with Crippen molar-refractivity contribution in [2.24, 2.45) is 5.73 Å². The molecule has 5 heteroatoms. The number of hydrogen-bond donors (Lipinski definition) is 1. The van der Waals surface area contributed by atoms with Crippen molar-refractivity contribution < 1.29 is 18.3 Å². The van der Waals surface area contributed by atoms with Gasteiger partial charge in [-0.3, -0.25) is 0 Å². The SMILES string of the molecule is COc1ccc2c(c1)[C@H](N)CC(c1c(F)cccc1F)O2. The summed E-state index contributed by atoms with van der Waals surface area (Å²) in [4.78, 5) is 0. The molecule has 1 heterocycles. The zero-order chi connectivity index (χ0) is 15.0. The molecule has 1 aliphatic heterocycles. The third-order valence-corrected chi connectivity index (χ3v) is 3.68. The maximum absolute atomic E-state index is 13.9. The molecule has 0 spiro atoms. The predicted molar refractivity (Wildman–Crippen MR) is 74.3 cm³/mol. The zero-order valence-electron chi connectivity index (χ0n) is 11.5. The summed E-state index contributed by atoms with van der Waals surface area (Å²) < 4.78 is 38.6. The molecular formula is C16H15F2NO2. The van der Waals surface area contributed by atoms with Gasteiger partial charge in [0.05, 0.1) is 12.7 Å². The van der Waals surface area contributed by atoms with Crippen LogP contribution in [0.25, 0.3) is 0 Å². The van der Waals surface area contributed by atoms with Crippen molar-refractivity contribution >= 4 is 0 Å². The lowest BCUT2D eigenvalue weighted by Gasteiger charge is -2.31. The number of methoxy groups -OCH3 is 1. The summed E-state index contributed by atoms with van der Waals surface area (Å²) in [6.07, 6.45) is -0.431. The van der Waals surface area contributed by atoms with Crippen molar-refractivity contribution in [3.8, 4) is 11.5 Å². The van der Waals surface area contributed by atoms with Gasteiger partial charge < -0.3 is 15.2 Å². The van der Waals surface area contributed by atoms with E-state index in [1.165, 1.54) is 18.2 Å². The van der Waals surface area contributed by atoms with Gasteiger partial charge >= 0.3 is 0 Å². The van der Waals surface area contributed by atoms with Gasteiger partial charge in [0.1, 0.15) is 29.2 Å². The van der Waals surface area contributed by atoms with E-state index < -0.39 is 17.7 Å². The van der Waals surface area contributed by atoms with Crippen LogP contribution < -0.4 is 15.2 Å². The second-order valence-corrected chi connectivity index (χ2v) is 4.99. The van der Waals surface area contributed by atoms with Crippen LogP contribution in [0, 0.1) is 11.6 Å². The van der Waals surface area contributed by atoms with E-state index in [-0.39, 0.29) is 11.6 Å². The number of rotatable bonds is 2. The van der Waals surface area contributed by atoms with Gasteiger partial charge in [0.15, 0.2) is 0 Å². The molecule has 21 heavy (non-hydrogen) atoms. The van der Waals surface area contributed by atoms with Crippen LogP contribution in [0.1, 0.15) is 29.7 Å². The average molecular weight is 291 g/mol. The topological polar surface area (TPSA) is 44.5 Å². The molecule has 0 aromatic heterocycles. The first-order valence-electron chi connectivity index (χ1n) is 6.64. The zero-order valence-corrected chi connectivity index (χ0v) is 11.5. The van der Waals surface area contributed by atoms with Crippen LogP contribution in [-0.2, 0) is 0 Å². The minimum atomic E-state index is -0.734. The van der Waals surface area contributed by atoms with Crippen molar-refractivity contribution in [3.05, 3.63) is 59.2 Å². The number of ether oxygens (including phenoxy) is 2. The first-order valence-corrected chi connectivity index (χ1v) is 6.64. The maximum Gasteiger partial charge on any atom is 0.133 e. The van der Waals surface area contributed by atoms with Crippen molar-refractivity contribution in [1.82, 2.24) is 0 Å². The average Bonchev–Trinajstić information content (AvgIpc) is 2.47. The van der Waals surface area contributed by atoms with Gasteiger partial charge in [-0.05, 0) is 30.3 Å². The van der Waals surface area contributed by atoms with E-state index in [0.29, 0.717) is 17.9 Å². The van der Waals surface area contributed by atoms with Gasteiger partial charge in [0, 0.05) is 18.0 Å². The van der Waals surface area contributed by atoms with Crippen LogP contribution in [0.2, 0.25) is 0 Å². The molecule has 0 aliphatic carbocycles. The quantitative estimate of drug-likeness (QED) is 0.921. The molecular weight excluding hydrogens is 276 g/mol. The number of nitrogens with two attached hydrogens (primary N) is 1. The number of halogens is 2. The second-order valence-electron chi connectivity index (χ2n) is 4.99. The molecule has 2 atom stereocenters. The molecule has 0 saturated heterocycles. The lowest BCUT2D eigenvalue weighted by molar-refractivity contribution is 0.152. The predicted octanol–water partition coefficient (Wildman–Crippen LogP) is 3.50. The number of benzene rings is 2. The Kier molecular flexibility index (Phi) is 3.51. The summed E-state index contributed by atoms with van der Waals surface area (Å²) in [5.41, 5.74) is 6.82. The van der Waals surface area contributed by atoms with E-state index in [1.54, 1.807) is 25.3 Å². The summed E-state index contributed by atoms with van der Waals surface area (Å²) in [5, 5.41) is 0. The molecule has 3 rings (SSSR count). The fourth-order valence-electron chi connectivity index (χ4n) is 2.60. The van der Waals surface area contributed by atoms with E-state index in [9.17, 15) is 8.78 Å². The van der Waals surface area contributed by atoms with Crippen molar-refractivity contribution in [3.63, 3.8) is 0 Å². The third-order valence-electron chi connectivity index (χ3n) is 3.68. The van der Waals surface area contributed by atoms with E-state index in [0.717, 1.165) is 5.56 Å². The maximum atomic E-state index is 13.9. The lowest BCUT2D eigenvalue weighted by Crippen LogP contribution is -2.25. The van der Waals surface area contributed by atoms with E-state index in [2.05, 4.69) is 0 Å². The summed E-state index contributed by atoms with van der Waals surface area (Å²) in [6, 6.07) is 8.62. The Morgan fingerprint density at radius 2 is 1.90 bits per heavy atom. The normalized spacial score (nSPS) is 20.6. The fraction of sp³-hybridized carbons (Fsp3) is 0.250. The van der Waals surface area contributed by atoms with Crippen molar-refractivity contribution in [2.75, 3.05) is 7.11 Å². The molecule has 0 saturated carbocycles. The van der Waals surface area contributed by atoms with Gasteiger partial charge in [0.25, 0.3) is 0 Å². The Hall–Kier alpha value is -2.14. The van der Waals surface area contributed by atoms with E-state index in [1.807, 2.05) is 0 Å². The van der Waals surface area contributed by atoms with Gasteiger partial charge in [0.2, 0.25) is 0 Å². The highest BCUT2D eigenvalue weighted by molar-refractivity contribution is 5.44. The van der Waals surface area contributed by atoms with Gasteiger partial charge in [-0.2, -0.15) is 0 Å². The molecule has 2 aromatic carbocycles. The summed E-state index contributed by atoms with van der Waals surface area (Å²) >= 11 is 0. The molecule has 0 bridgehead atoms. The molecule has 0 radical (unpaired) electrons. The Bertz CT molecular complexity index is 655. The van der Waals surface area contributed by atoms with Crippen LogP contribution in [0.5, 0.6) is 11.5 Å². The molecule has 0 fully saturated rings. The summed E-state index contributed by atoms with van der Waals surface area (Å²) in [5.74, 6) is -0.0427. The number of fused-ring (bicyclic) bond motifs is 1. The molecule has 2 N–H and O–H groups in total. The highest BCUT2D eigenvalue weighted by Gasteiger charge is 2.31. The monoisotopic (exact) mass is 291 g/mol. The second kappa shape index (κ2) is 5.33. The first kappa shape index (κ1) is 13.8. The lowest BCUT2D eigenvalue weighted by atomic mass is 9.93. The smallest absolute Gasteiger partial charge is 0.133 e. The standard InChI is InChI=1S/C16H15F2NO2/c1-20-9-5-6-14-10(7-9)13(19)8-15(21-14)16-11(17)3-2-4-12(16)18/h2-7,13,15H,8,19H2,1H3/t13-,15?/m1/s1. The Labute approximate surface area is 121 Å². The Morgan fingerprint density at radius 3 is 2.57 bits per heavy atom. The molecule has 1 aliphatic rings. The first-order chi connectivity index (χ1) is 10.1. The molecule has 2 aromatic rings. The van der Waals surface area contributed by atoms with Gasteiger partial charge in [-0.15, -0.1) is 0 Å².